The second kappa shape index (κ2) is 7.88. The zero-order valence-electron chi connectivity index (χ0n) is 15.9. The van der Waals surface area contributed by atoms with Crippen molar-refractivity contribution in [3.8, 4) is 17.2 Å². The summed E-state index contributed by atoms with van der Waals surface area (Å²) in [6.45, 7) is 5.44. The molecule has 2 heterocycles. The van der Waals surface area contributed by atoms with Crippen LogP contribution in [-0.2, 0) is 0 Å². The van der Waals surface area contributed by atoms with E-state index in [1.54, 1.807) is 24.3 Å². The highest BCUT2D eigenvalue weighted by Crippen LogP contribution is 2.27. The lowest BCUT2D eigenvalue weighted by atomic mass is 10.2. The predicted octanol–water partition coefficient (Wildman–Crippen LogP) is 3.23. The first kappa shape index (κ1) is 18.9. The second-order valence-corrected chi connectivity index (χ2v) is 6.96. The van der Waals surface area contributed by atoms with Crippen LogP contribution in [0.4, 0.5) is 11.4 Å². The van der Waals surface area contributed by atoms with Gasteiger partial charge in [0.1, 0.15) is 5.75 Å². The number of non-ortho nitro benzene ring substituents is 1. The predicted molar refractivity (Wildman–Crippen MR) is 107 cm³/mol. The van der Waals surface area contributed by atoms with Crippen molar-refractivity contribution in [2.45, 2.75) is 13.0 Å². The average molecular weight is 395 g/mol. The number of piperazine rings is 1. The maximum absolute atomic E-state index is 10.8. The van der Waals surface area contributed by atoms with E-state index in [-0.39, 0.29) is 17.5 Å². The largest absolute Gasteiger partial charge is 0.508 e. The molecule has 9 heteroatoms. The van der Waals surface area contributed by atoms with Crippen molar-refractivity contribution >= 4 is 11.4 Å². The van der Waals surface area contributed by atoms with E-state index in [2.05, 4.69) is 20.0 Å². The summed E-state index contributed by atoms with van der Waals surface area (Å²) in [5.41, 5.74) is 1.76. The molecule has 0 radical (unpaired) electrons. The van der Waals surface area contributed by atoms with Gasteiger partial charge in [0.15, 0.2) is 0 Å². The van der Waals surface area contributed by atoms with Crippen molar-refractivity contribution in [2.75, 3.05) is 31.1 Å². The molecule has 1 aliphatic rings. The summed E-state index contributed by atoms with van der Waals surface area (Å²) in [5.74, 6) is 1.14. The number of anilines is 1. The van der Waals surface area contributed by atoms with Gasteiger partial charge in [-0.1, -0.05) is 0 Å². The number of phenolic OH excluding ortho intramolecular Hbond substituents is 1. The van der Waals surface area contributed by atoms with E-state index >= 15 is 0 Å². The third-order valence-corrected chi connectivity index (χ3v) is 5.20. The zero-order valence-corrected chi connectivity index (χ0v) is 15.9. The molecule has 1 atom stereocenters. The number of nitro groups is 1. The van der Waals surface area contributed by atoms with Crippen LogP contribution in [0.3, 0.4) is 0 Å². The van der Waals surface area contributed by atoms with Gasteiger partial charge in [0.05, 0.1) is 11.0 Å². The number of aromatic nitrogens is 2. The Morgan fingerprint density at radius 2 is 1.69 bits per heavy atom. The summed E-state index contributed by atoms with van der Waals surface area (Å²) < 4.78 is 5.83. The summed E-state index contributed by atoms with van der Waals surface area (Å²) in [6, 6.07) is 13.3. The molecule has 3 aromatic rings. The van der Waals surface area contributed by atoms with Gasteiger partial charge in [-0.15, -0.1) is 10.2 Å². The number of hydrogen-bond acceptors (Lipinski definition) is 8. The number of aromatic hydroxyl groups is 1. The monoisotopic (exact) mass is 395 g/mol. The first-order valence-corrected chi connectivity index (χ1v) is 9.37. The molecule has 1 unspecified atom stereocenters. The van der Waals surface area contributed by atoms with Crippen LogP contribution in [0.5, 0.6) is 5.75 Å². The Morgan fingerprint density at radius 1 is 1.03 bits per heavy atom. The number of rotatable bonds is 5. The number of hydrogen-bond donors (Lipinski definition) is 1. The Morgan fingerprint density at radius 3 is 2.31 bits per heavy atom. The van der Waals surface area contributed by atoms with Gasteiger partial charge in [0, 0.05) is 49.6 Å². The van der Waals surface area contributed by atoms with Crippen LogP contribution in [0.2, 0.25) is 0 Å². The van der Waals surface area contributed by atoms with Gasteiger partial charge in [-0.3, -0.25) is 15.0 Å². The van der Waals surface area contributed by atoms with Gasteiger partial charge < -0.3 is 14.4 Å². The molecule has 9 nitrogen and oxygen atoms in total. The standard InChI is InChI=1S/C20H21N5O4/c1-14(23-10-12-24(13-11-23)16-6-8-18(26)9-7-16)19-21-22-20(29-19)15-2-4-17(5-3-15)25(27)28/h2-9,14,26H,10-13H2,1H3. The van der Waals surface area contributed by atoms with Gasteiger partial charge in [-0.25, -0.2) is 0 Å². The minimum absolute atomic E-state index is 0.0216. The minimum atomic E-state index is -0.442. The van der Waals surface area contributed by atoms with Gasteiger partial charge in [0.25, 0.3) is 5.69 Å². The molecule has 0 bridgehead atoms. The SMILES string of the molecule is CC(c1nnc(-c2ccc([N+](=O)[O-])cc2)o1)N1CCN(c2ccc(O)cc2)CC1. The average Bonchev–Trinajstić information content (AvgIpc) is 3.24. The summed E-state index contributed by atoms with van der Waals surface area (Å²) in [5, 5.41) is 28.5. The van der Waals surface area contributed by atoms with Crippen molar-refractivity contribution < 1.29 is 14.4 Å². The van der Waals surface area contributed by atoms with Crippen molar-refractivity contribution in [1.82, 2.24) is 15.1 Å². The highest BCUT2D eigenvalue weighted by molar-refractivity contribution is 5.55. The third-order valence-electron chi connectivity index (χ3n) is 5.20. The molecule has 4 rings (SSSR count). The first-order chi connectivity index (χ1) is 14.0. The van der Waals surface area contributed by atoms with Crippen molar-refractivity contribution in [3.05, 3.63) is 64.5 Å². The van der Waals surface area contributed by atoms with Gasteiger partial charge in [-0.05, 0) is 43.3 Å². The Kier molecular flexibility index (Phi) is 5.13. The normalized spacial score (nSPS) is 16.0. The molecular formula is C20H21N5O4. The van der Waals surface area contributed by atoms with E-state index in [1.165, 1.54) is 12.1 Å². The van der Waals surface area contributed by atoms with Crippen LogP contribution in [-0.4, -0.2) is 51.3 Å². The molecular weight excluding hydrogens is 374 g/mol. The van der Waals surface area contributed by atoms with E-state index in [0.717, 1.165) is 31.9 Å². The lowest BCUT2D eigenvalue weighted by Crippen LogP contribution is -2.47. The van der Waals surface area contributed by atoms with Crippen molar-refractivity contribution in [2.24, 2.45) is 0 Å². The van der Waals surface area contributed by atoms with Crippen molar-refractivity contribution in [3.63, 3.8) is 0 Å². The Bertz CT molecular complexity index is 979. The molecule has 1 aliphatic heterocycles. The minimum Gasteiger partial charge on any atom is -0.508 e. The molecule has 0 aliphatic carbocycles. The molecule has 29 heavy (non-hydrogen) atoms. The van der Waals surface area contributed by atoms with Crippen molar-refractivity contribution in [1.29, 1.82) is 0 Å². The second-order valence-electron chi connectivity index (χ2n) is 6.96. The Balaban J connectivity index is 1.40. The van der Waals surface area contributed by atoms with Crippen LogP contribution in [0.15, 0.2) is 52.9 Å². The number of benzene rings is 2. The summed E-state index contributed by atoms with van der Waals surface area (Å²) >= 11 is 0. The molecule has 1 saturated heterocycles. The van der Waals surface area contributed by atoms with Crippen LogP contribution < -0.4 is 4.90 Å². The number of nitro benzene ring substituents is 1. The van der Waals surface area contributed by atoms with Gasteiger partial charge in [0.2, 0.25) is 11.8 Å². The lowest BCUT2D eigenvalue weighted by molar-refractivity contribution is -0.384. The number of phenols is 1. The Labute approximate surface area is 167 Å². The Hall–Kier alpha value is -3.46. The zero-order chi connectivity index (χ0) is 20.4. The lowest BCUT2D eigenvalue weighted by Gasteiger charge is -2.38. The first-order valence-electron chi connectivity index (χ1n) is 9.37. The van der Waals surface area contributed by atoms with Crippen LogP contribution in [0.25, 0.3) is 11.5 Å². The van der Waals surface area contributed by atoms with Gasteiger partial charge >= 0.3 is 0 Å². The molecule has 1 N–H and O–H groups in total. The van der Waals surface area contributed by atoms with Gasteiger partial charge in [-0.2, -0.15) is 0 Å². The fourth-order valence-corrected chi connectivity index (χ4v) is 3.43. The maximum atomic E-state index is 10.8. The molecule has 1 aromatic heterocycles. The molecule has 2 aromatic carbocycles. The molecule has 0 spiro atoms. The topological polar surface area (TPSA) is 109 Å². The quantitative estimate of drug-likeness (QED) is 0.518. The van der Waals surface area contributed by atoms with Crippen LogP contribution in [0, 0.1) is 10.1 Å². The van der Waals surface area contributed by atoms with E-state index < -0.39 is 4.92 Å². The summed E-state index contributed by atoms with van der Waals surface area (Å²) in [6.07, 6.45) is 0. The fourth-order valence-electron chi connectivity index (χ4n) is 3.43. The third kappa shape index (κ3) is 4.04. The molecule has 150 valence electrons. The molecule has 0 saturated carbocycles. The smallest absolute Gasteiger partial charge is 0.269 e. The highest BCUT2D eigenvalue weighted by Gasteiger charge is 2.26. The van der Waals surface area contributed by atoms with E-state index in [1.807, 2.05) is 19.1 Å². The van der Waals surface area contributed by atoms with E-state index in [0.29, 0.717) is 17.3 Å². The van der Waals surface area contributed by atoms with Crippen LogP contribution in [0.1, 0.15) is 18.9 Å². The molecule has 1 fully saturated rings. The maximum Gasteiger partial charge on any atom is 0.269 e. The summed E-state index contributed by atoms with van der Waals surface area (Å²) in [7, 11) is 0. The van der Waals surface area contributed by atoms with E-state index in [9.17, 15) is 15.2 Å². The highest BCUT2D eigenvalue weighted by atomic mass is 16.6. The summed E-state index contributed by atoms with van der Waals surface area (Å²) in [4.78, 5) is 14.9. The fraction of sp³-hybridized carbons (Fsp3) is 0.300. The molecule has 0 amide bonds. The van der Waals surface area contributed by atoms with Crippen LogP contribution >= 0.6 is 0 Å². The number of nitrogens with zero attached hydrogens (tertiary/aromatic N) is 5. The van der Waals surface area contributed by atoms with E-state index in [4.69, 9.17) is 4.42 Å².